The minimum atomic E-state index is -0.624. The zero-order valence-electron chi connectivity index (χ0n) is 22.3. The lowest BCUT2D eigenvalue weighted by Gasteiger charge is -2.40. The van der Waals surface area contributed by atoms with Crippen LogP contribution >= 0.6 is 23.2 Å². The number of fused-ring (bicyclic) bond motifs is 3. The van der Waals surface area contributed by atoms with Crippen LogP contribution in [0.2, 0.25) is 10.0 Å². The quantitative estimate of drug-likeness (QED) is 0.196. The Hall–Kier alpha value is -3.80. The van der Waals surface area contributed by atoms with E-state index in [2.05, 4.69) is 43.4 Å². The molecule has 0 fully saturated rings. The Bertz CT molecular complexity index is 1740. The number of hydrogen-bond acceptors (Lipinski definition) is 5. The molecule has 1 N–H and O–H groups in total. The number of anilines is 1. The fourth-order valence-electron chi connectivity index (χ4n) is 5.89. The molecule has 1 unspecified atom stereocenters. The molecule has 0 aromatic heterocycles. The number of benzene rings is 4. The molecular formula is C33H27Cl2NO4. The summed E-state index contributed by atoms with van der Waals surface area (Å²) in [6.45, 7) is 4.25. The van der Waals surface area contributed by atoms with Crippen LogP contribution in [0.3, 0.4) is 0 Å². The zero-order valence-corrected chi connectivity index (χ0v) is 23.8. The average molecular weight is 572 g/mol. The summed E-state index contributed by atoms with van der Waals surface area (Å²) in [7, 11) is 1.52. The summed E-state index contributed by atoms with van der Waals surface area (Å²) >= 11 is 12.2. The second kappa shape index (κ2) is 9.99. The highest BCUT2D eigenvalue weighted by Gasteiger charge is 2.41. The van der Waals surface area contributed by atoms with Crippen molar-refractivity contribution in [2.75, 3.05) is 12.4 Å². The molecule has 4 aromatic rings. The van der Waals surface area contributed by atoms with Crippen LogP contribution < -0.4 is 14.8 Å². The lowest BCUT2D eigenvalue weighted by Crippen LogP contribution is -2.33. The second-order valence-electron chi connectivity index (χ2n) is 11.1. The number of hydrogen-bond donors (Lipinski definition) is 1. The summed E-state index contributed by atoms with van der Waals surface area (Å²) < 4.78 is 11.4. The molecule has 0 saturated carbocycles. The van der Waals surface area contributed by atoms with E-state index in [1.54, 1.807) is 12.1 Å². The minimum absolute atomic E-state index is 0.134. The van der Waals surface area contributed by atoms with Gasteiger partial charge in [0.2, 0.25) is 0 Å². The van der Waals surface area contributed by atoms with Crippen LogP contribution in [0.1, 0.15) is 54.1 Å². The largest absolute Gasteiger partial charge is 0.493 e. The van der Waals surface area contributed by atoms with Gasteiger partial charge in [-0.25, -0.2) is 4.79 Å². The van der Waals surface area contributed by atoms with Crippen molar-refractivity contribution < 1.29 is 19.1 Å². The molecule has 0 spiro atoms. The van der Waals surface area contributed by atoms with Gasteiger partial charge in [-0.2, -0.15) is 0 Å². The highest BCUT2D eigenvalue weighted by molar-refractivity contribution is 6.36. The predicted molar refractivity (Wildman–Crippen MR) is 159 cm³/mol. The fourth-order valence-corrected chi connectivity index (χ4v) is 6.38. The molecule has 1 heterocycles. The van der Waals surface area contributed by atoms with Crippen LogP contribution in [0.5, 0.6) is 11.5 Å². The summed E-state index contributed by atoms with van der Waals surface area (Å²) in [5.74, 6) is -0.179. The summed E-state index contributed by atoms with van der Waals surface area (Å²) in [6.07, 6.45) is 1.24. The third-order valence-corrected chi connectivity index (χ3v) is 8.18. The van der Waals surface area contributed by atoms with E-state index in [0.29, 0.717) is 17.2 Å². The molecule has 0 amide bonds. The van der Waals surface area contributed by atoms with Crippen molar-refractivity contribution in [2.24, 2.45) is 5.41 Å². The van der Waals surface area contributed by atoms with Gasteiger partial charge in [-0.05, 0) is 70.1 Å². The van der Waals surface area contributed by atoms with Gasteiger partial charge in [-0.15, -0.1) is 0 Å². The van der Waals surface area contributed by atoms with Crippen molar-refractivity contribution in [3.05, 3.63) is 111 Å². The van der Waals surface area contributed by atoms with Gasteiger partial charge in [-0.1, -0.05) is 73.4 Å². The Balaban J connectivity index is 1.47. The molecule has 1 atom stereocenters. The summed E-state index contributed by atoms with van der Waals surface area (Å²) in [6, 6.07) is 22.4. The number of carbonyl (C=O) groups is 2. The Kier molecular flexibility index (Phi) is 6.60. The number of ether oxygens (including phenoxy) is 2. The van der Waals surface area contributed by atoms with Crippen LogP contribution in [-0.2, 0) is 4.79 Å². The van der Waals surface area contributed by atoms with Crippen LogP contribution in [0, 0.1) is 5.41 Å². The van der Waals surface area contributed by atoms with Gasteiger partial charge >= 0.3 is 5.97 Å². The molecule has 1 aliphatic heterocycles. The molecule has 7 heteroatoms. The molecule has 0 saturated heterocycles. The zero-order chi connectivity index (χ0) is 28.2. The van der Waals surface area contributed by atoms with Gasteiger partial charge in [0.15, 0.2) is 17.3 Å². The van der Waals surface area contributed by atoms with E-state index in [1.807, 2.05) is 24.3 Å². The Morgan fingerprint density at radius 1 is 0.950 bits per heavy atom. The maximum Gasteiger partial charge on any atom is 0.345 e. The highest BCUT2D eigenvalue weighted by atomic mass is 35.5. The fraction of sp³-hybridized carbons (Fsp3) is 0.212. The number of Topliss-reactive ketones (excluding diaryl/α,β-unsaturated/α-hetero) is 1. The minimum Gasteiger partial charge on any atom is -0.493 e. The number of esters is 1. The van der Waals surface area contributed by atoms with E-state index >= 15 is 0 Å². The first-order valence-electron chi connectivity index (χ1n) is 13.1. The van der Waals surface area contributed by atoms with Gasteiger partial charge in [0.1, 0.15) is 0 Å². The van der Waals surface area contributed by atoms with Crippen molar-refractivity contribution in [3.8, 4) is 11.5 Å². The van der Waals surface area contributed by atoms with Gasteiger partial charge in [0, 0.05) is 34.3 Å². The van der Waals surface area contributed by atoms with Gasteiger partial charge in [0.25, 0.3) is 0 Å². The molecule has 202 valence electrons. The first-order valence-corrected chi connectivity index (χ1v) is 13.8. The first-order chi connectivity index (χ1) is 19.1. The van der Waals surface area contributed by atoms with Gasteiger partial charge in [-0.3, -0.25) is 4.79 Å². The number of rotatable bonds is 4. The molecule has 4 aromatic carbocycles. The molecule has 0 bridgehead atoms. The number of methoxy groups -OCH3 is 1. The third-order valence-electron chi connectivity index (χ3n) is 7.63. The van der Waals surface area contributed by atoms with Crippen molar-refractivity contribution in [1.29, 1.82) is 0 Å². The van der Waals surface area contributed by atoms with E-state index < -0.39 is 5.97 Å². The summed E-state index contributed by atoms with van der Waals surface area (Å²) in [5, 5.41) is 6.40. The van der Waals surface area contributed by atoms with E-state index in [-0.39, 0.29) is 33.5 Å². The van der Waals surface area contributed by atoms with E-state index in [0.717, 1.165) is 45.3 Å². The summed E-state index contributed by atoms with van der Waals surface area (Å²) in [5.41, 5.74) is 4.70. The highest BCUT2D eigenvalue weighted by Crippen LogP contribution is 2.51. The Morgan fingerprint density at radius 2 is 1.75 bits per heavy atom. The van der Waals surface area contributed by atoms with E-state index in [4.69, 9.17) is 32.7 Å². The number of nitrogens with one attached hydrogen (secondary N) is 1. The molecular weight excluding hydrogens is 545 g/mol. The number of allylic oxidation sites excluding steroid dienone is 2. The van der Waals surface area contributed by atoms with Crippen LogP contribution in [0.25, 0.3) is 10.8 Å². The van der Waals surface area contributed by atoms with Crippen molar-refractivity contribution in [1.82, 2.24) is 0 Å². The maximum absolute atomic E-state index is 13.7. The standard InChI is InChI=1S/C33H27Cl2NO4/c1-33(2)16-25-31(26(37)17-33)29(30-21-7-5-4-6-18(21)8-12-24(30)36-25)19-9-13-27(28(14-19)39-3)40-32(38)22-11-10-20(34)15-23(22)35/h4-15,29,36H,16-17H2,1-3H3. The normalized spacial score (nSPS) is 17.6. The van der Waals surface area contributed by atoms with E-state index in [1.165, 1.54) is 19.2 Å². The number of carbonyl (C=O) groups excluding carboxylic acids is 2. The van der Waals surface area contributed by atoms with Crippen molar-refractivity contribution in [3.63, 3.8) is 0 Å². The topological polar surface area (TPSA) is 64.6 Å². The number of halogens is 2. The SMILES string of the molecule is COc1cc(C2C3=C(CC(C)(C)CC3=O)Nc3ccc4ccccc4c32)ccc1OC(=O)c1ccc(Cl)cc1Cl. The van der Waals surface area contributed by atoms with Gasteiger partial charge < -0.3 is 14.8 Å². The lowest BCUT2D eigenvalue weighted by molar-refractivity contribution is -0.118. The average Bonchev–Trinajstić information content (AvgIpc) is 2.91. The van der Waals surface area contributed by atoms with E-state index in [9.17, 15) is 9.59 Å². The van der Waals surface area contributed by atoms with Gasteiger partial charge in [0.05, 0.1) is 17.7 Å². The third kappa shape index (κ3) is 4.63. The lowest BCUT2D eigenvalue weighted by atomic mass is 9.68. The van der Waals surface area contributed by atoms with Crippen LogP contribution in [0.15, 0.2) is 84.1 Å². The van der Waals surface area contributed by atoms with Crippen molar-refractivity contribution >= 4 is 51.4 Å². The van der Waals surface area contributed by atoms with Crippen molar-refractivity contribution in [2.45, 2.75) is 32.6 Å². The predicted octanol–water partition coefficient (Wildman–Crippen LogP) is 8.58. The molecule has 2 aliphatic rings. The Labute approximate surface area is 242 Å². The molecule has 0 radical (unpaired) electrons. The maximum atomic E-state index is 13.7. The molecule has 5 nitrogen and oxygen atoms in total. The molecule has 40 heavy (non-hydrogen) atoms. The van der Waals surface area contributed by atoms with Crippen LogP contribution in [0.4, 0.5) is 5.69 Å². The number of ketones is 1. The molecule has 1 aliphatic carbocycles. The molecule has 6 rings (SSSR count). The Morgan fingerprint density at radius 3 is 2.52 bits per heavy atom. The summed E-state index contributed by atoms with van der Waals surface area (Å²) in [4.78, 5) is 26.7. The second-order valence-corrected chi connectivity index (χ2v) is 11.9. The van der Waals surface area contributed by atoms with Crippen LogP contribution in [-0.4, -0.2) is 18.9 Å². The monoisotopic (exact) mass is 571 g/mol. The first kappa shape index (κ1) is 26.4. The smallest absolute Gasteiger partial charge is 0.345 e.